The lowest BCUT2D eigenvalue weighted by Crippen LogP contribution is -2.47. The summed E-state index contributed by atoms with van der Waals surface area (Å²) in [6.07, 6.45) is 9.69. The van der Waals surface area contributed by atoms with E-state index in [4.69, 9.17) is 6.42 Å². The van der Waals surface area contributed by atoms with E-state index in [9.17, 15) is 4.79 Å². The van der Waals surface area contributed by atoms with Gasteiger partial charge >= 0.3 is 0 Å². The van der Waals surface area contributed by atoms with Gasteiger partial charge in [-0.2, -0.15) is 0 Å². The maximum absolute atomic E-state index is 11.8. The predicted molar refractivity (Wildman–Crippen MR) is 61.3 cm³/mol. The van der Waals surface area contributed by atoms with Crippen LogP contribution < -0.4 is 5.32 Å². The first-order chi connectivity index (χ1) is 7.29. The van der Waals surface area contributed by atoms with Crippen molar-refractivity contribution in [2.75, 3.05) is 20.1 Å². The van der Waals surface area contributed by atoms with Crippen LogP contribution in [0.2, 0.25) is 0 Å². The Morgan fingerprint density at radius 1 is 1.60 bits per heavy atom. The molecule has 1 aliphatic heterocycles. The maximum atomic E-state index is 11.8. The Morgan fingerprint density at radius 2 is 2.40 bits per heavy atom. The van der Waals surface area contributed by atoms with E-state index >= 15 is 0 Å². The molecule has 0 bridgehead atoms. The number of nitrogens with zero attached hydrogens (tertiary/aromatic N) is 1. The zero-order valence-corrected chi connectivity index (χ0v) is 9.46. The third kappa shape index (κ3) is 3.56. The first-order valence-electron chi connectivity index (χ1n) is 5.67. The number of terminal acetylenes is 1. The average molecular weight is 208 g/mol. The number of likely N-dealkylation sites (N-methyl/N-ethyl adjacent to an activating group) is 1. The Balaban J connectivity index is 2.48. The fourth-order valence-electron chi connectivity index (χ4n) is 2.10. The summed E-state index contributed by atoms with van der Waals surface area (Å²) >= 11 is 0. The Bertz CT molecular complexity index is 242. The van der Waals surface area contributed by atoms with Crippen LogP contribution in [0, 0.1) is 12.3 Å². The van der Waals surface area contributed by atoms with Gasteiger partial charge in [0.15, 0.2) is 0 Å². The van der Waals surface area contributed by atoms with Crippen molar-refractivity contribution in [3.8, 4) is 12.3 Å². The number of hydrogen-bond acceptors (Lipinski definition) is 2. The van der Waals surface area contributed by atoms with Crippen molar-refractivity contribution in [3.05, 3.63) is 0 Å². The highest BCUT2D eigenvalue weighted by atomic mass is 16.2. The van der Waals surface area contributed by atoms with Gasteiger partial charge in [-0.3, -0.25) is 4.79 Å². The van der Waals surface area contributed by atoms with Crippen molar-refractivity contribution in [3.63, 3.8) is 0 Å². The second-order valence-corrected chi connectivity index (χ2v) is 4.00. The quantitative estimate of drug-likeness (QED) is 0.699. The van der Waals surface area contributed by atoms with Crippen molar-refractivity contribution in [1.82, 2.24) is 10.2 Å². The molecule has 0 aromatic heterocycles. The SMILES string of the molecule is C#CCCC(=O)N1CCCCC1CNC. The normalized spacial score (nSPS) is 21.1. The molecule has 0 radical (unpaired) electrons. The van der Waals surface area contributed by atoms with Crippen LogP contribution in [0.5, 0.6) is 0 Å². The average Bonchev–Trinajstić information content (AvgIpc) is 2.27. The molecule has 1 rings (SSSR count). The highest BCUT2D eigenvalue weighted by Gasteiger charge is 2.25. The molecule has 1 amide bonds. The molecule has 1 saturated heterocycles. The van der Waals surface area contributed by atoms with Crippen molar-refractivity contribution < 1.29 is 4.79 Å². The monoisotopic (exact) mass is 208 g/mol. The van der Waals surface area contributed by atoms with E-state index in [0.29, 0.717) is 18.9 Å². The molecule has 1 atom stereocenters. The van der Waals surface area contributed by atoms with Gasteiger partial charge in [-0.15, -0.1) is 12.3 Å². The minimum atomic E-state index is 0.216. The molecule has 1 fully saturated rings. The Morgan fingerprint density at radius 3 is 3.07 bits per heavy atom. The second-order valence-electron chi connectivity index (χ2n) is 4.00. The number of carbonyl (C=O) groups is 1. The first kappa shape index (κ1) is 12.1. The molecule has 3 heteroatoms. The van der Waals surface area contributed by atoms with Crippen molar-refractivity contribution in [1.29, 1.82) is 0 Å². The molecule has 0 aromatic carbocycles. The molecular weight excluding hydrogens is 188 g/mol. The minimum absolute atomic E-state index is 0.216. The summed E-state index contributed by atoms with van der Waals surface area (Å²) in [5.74, 6) is 2.74. The van der Waals surface area contributed by atoms with Crippen LogP contribution in [0.3, 0.4) is 0 Å². The molecule has 1 aliphatic rings. The number of amides is 1. The highest BCUT2D eigenvalue weighted by Crippen LogP contribution is 2.17. The lowest BCUT2D eigenvalue weighted by Gasteiger charge is -2.35. The molecule has 84 valence electrons. The first-order valence-corrected chi connectivity index (χ1v) is 5.67. The lowest BCUT2D eigenvalue weighted by atomic mass is 10.0. The molecule has 1 heterocycles. The Labute approximate surface area is 92.2 Å². The second kappa shape index (κ2) is 6.47. The topological polar surface area (TPSA) is 32.3 Å². The van der Waals surface area contributed by atoms with Gasteiger partial charge in [-0.1, -0.05) is 0 Å². The van der Waals surface area contributed by atoms with Gasteiger partial charge < -0.3 is 10.2 Å². The van der Waals surface area contributed by atoms with Crippen molar-refractivity contribution in [2.45, 2.75) is 38.1 Å². The Kier molecular flexibility index (Phi) is 5.20. The molecule has 0 aliphatic carbocycles. The molecule has 15 heavy (non-hydrogen) atoms. The van der Waals surface area contributed by atoms with E-state index in [1.54, 1.807) is 0 Å². The van der Waals surface area contributed by atoms with Crippen LogP contribution in [0.25, 0.3) is 0 Å². The largest absolute Gasteiger partial charge is 0.338 e. The van der Waals surface area contributed by atoms with E-state index in [1.807, 2.05) is 11.9 Å². The van der Waals surface area contributed by atoms with Crippen LogP contribution in [0.1, 0.15) is 32.1 Å². The molecule has 1 unspecified atom stereocenters. The van der Waals surface area contributed by atoms with Crippen LogP contribution in [-0.2, 0) is 4.79 Å². The molecule has 1 N–H and O–H groups in total. The number of rotatable bonds is 4. The van der Waals surface area contributed by atoms with Gasteiger partial charge in [0.05, 0.1) is 0 Å². The van der Waals surface area contributed by atoms with Crippen molar-refractivity contribution in [2.24, 2.45) is 0 Å². The fraction of sp³-hybridized carbons (Fsp3) is 0.750. The van der Waals surface area contributed by atoms with Gasteiger partial charge in [0, 0.05) is 32.0 Å². The van der Waals surface area contributed by atoms with Gasteiger partial charge in [0.1, 0.15) is 0 Å². The number of likely N-dealkylation sites (tertiary alicyclic amines) is 1. The molecule has 0 saturated carbocycles. The highest BCUT2D eigenvalue weighted by molar-refractivity contribution is 5.76. The third-order valence-corrected chi connectivity index (χ3v) is 2.87. The number of nitrogens with one attached hydrogen (secondary N) is 1. The van der Waals surface area contributed by atoms with E-state index < -0.39 is 0 Å². The van der Waals surface area contributed by atoms with E-state index in [0.717, 1.165) is 25.9 Å². The summed E-state index contributed by atoms with van der Waals surface area (Å²) in [5.41, 5.74) is 0. The number of carbonyl (C=O) groups excluding carboxylic acids is 1. The fourth-order valence-corrected chi connectivity index (χ4v) is 2.10. The lowest BCUT2D eigenvalue weighted by molar-refractivity contribution is -0.134. The van der Waals surface area contributed by atoms with Crippen LogP contribution in [0.4, 0.5) is 0 Å². The standard InChI is InChI=1S/C12H20N2O/c1-3-4-8-12(15)14-9-6-5-7-11(14)10-13-2/h1,11,13H,4-10H2,2H3. The zero-order valence-electron chi connectivity index (χ0n) is 9.46. The number of hydrogen-bond donors (Lipinski definition) is 1. The minimum Gasteiger partial charge on any atom is -0.338 e. The smallest absolute Gasteiger partial charge is 0.223 e. The van der Waals surface area contributed by atoms with E-state index in [2.05, 4.69) is 11.2 Å². The predicted octanol–water partition coefficient (Wildman–Crippen LogP) is 1.00. The summed E-state index contributed by atoms with van der Waals surface area (Å²) in [6.45, 7) is 1.79. The molecule has 3 nitrogen and oxygen atoms in total. The van der Waals surface area contributed by atoms with Gasteiger partial charge in [0.25, 0.3) is 0 Å². The van der Waals surface area contributed by atoms with Crippen molar-refractivity contribution >= 4 is 5.91 Å². The summed E-state index contributed by atoms with van der Waals surface area (Å²) in [7, 11) is 1.93. The summed E-state index contributed by atoms with van der Waals surface area (Å²) in [6, 6.07) is 0.369. The van der Waals surface area contributed by atoms with Crippen LogP contribution in [-0.4, -0.2) is 37.0 Å². The van der Waals surface area contributed by atoms with Crippen LogP contribution >= 0.6 is 0 Å². The molecule has 0 spiro atoms. The third-order valence-electron chi connectivity index (χ3n) is 2.87. The zero-order chi connectivity index (χ0) is 11.1. The summed E-state index contributed by atoms with van der Waals surface area (Å²) in [4.78, 5) is 13.8. The number of piperidine rings is 1. The Hall–Kier alpha value is -1.01. The van der Waals surface area contributed by atoms with Gasteiger partial charge in [0.2, 0.25) is 5.91 Å². The summed E-state index contributed by atoms with van der Waals surface area (Å²) in [5, 5.41) is 3.14. The molecular formula is C12H20N2O. The molecule has 0 aromatic rings. The van der Waals surface area contributed by atoms with Gasteiger partial charge in [-0.25, -0.2) is 0 Å². The maximum Gasteiger partial charge on any atom is 0.223 e. The summed E-state index contributed by atoms with van der Waals surface area (Å²) < 4.78 is 0. The van der Waals surface area contributed by atoms with Crippen LogP contribution in [0.15, 0.2) is 0 Å². The van der Waals surface area contributed by atoms with E-state index in [1.165, 1.54) is 6.42 Å². The van der Waals surface area contributed by atoms with E-state index in [-0.39, 0.29) is 5.91 Å². The van der Waals surface area contributed by atoms with Gasteiger partial charge in [-0.05, 0) is 26.3 Å².